The molecule has 0 saturated carbocycles. The third-order valence-corrected chi connectivity index (χ3v) is 4.46. The molecule has 0 unspecified atom stereocenters. The molecule has 3 rings (SSSR count). The molecule has 0 aromatic heterocycles. The molecule has 0 atom stereocenters. The second kappa shape index (κ2) is 6.98. The van der Waals surface area contributed by atoms with Crippen molar-refractivity contribution in [1.29, 1.82) is 0 Å². The van der Waals surface area contributed by atoms with Crippen LogP contribution in [0.5, 0.6) is 11.5 Å². The van der Waals surface area contributed by atoms with E-state index in [2.05, 4.69) is 10.3 Å². The number of amides is 1. The zero-order chi connectivity index (χ0) is 17.1. The lowest BCUT2D eigenvalue weighted by Crippen LogP contribution is -2.19. The summed E-state index contributed by atoms with van der Waals surface area (Å²) in [6.07, 6.45) is 1.67. The molecule has 1 fully saturated rings. The standard InChI is InChI=1S/C17H13ClN2O3S/c1-23-14-7-6-10(8-13(14)21)9-15-16(22)20-17(24-15)19-12-5-3-2-4-11(12)18/h2-9,21H,1H3,(H,19,20,22). The number of halogens is 1. The molecule has 1 aliphatic rings. The third-order valence-electron chi connectivity index (χ3n) is 3.23. The van der Waals surface area contributed by atoms with Gasteiger partial charge < -0.3 is 15.2 Å². The molecule has 0 radical (unpaired) electrons. The van der Waals surface area contributed by atoms with Crippen LogP contribution >= 0.6 is 23.4 Å². The van der Waals surface area contributed by atoms with Crippen molar-refractivity contribution in [3.63, 3.8) is 0 Å². The highest BCUT2D eigenvalue weighted by atomic mass is 35.5. The number of amidine groups is 1. The average Bonchev–Trinajstić information content (AvgIpc) is 2.89. The Morgan fingerprint density at radius 2 is 2.08 bits per heavy atom. The Bertz CT molecular complexity index is 865. The molecule has 0 spiro atoms. The van der Waals surface area contributed by atoms with Gasteiger partial charge in [-0.3, -0.25) is 4.79 Å². The van der Waals surface area contributed by atoms with Crippen LogP contribution in [-0.4, -0.2) is 23.3 Å². The number of hydrogen-bond donors (Lipinski definition) is 2. The van der Waals surface area contributed by atoms with Gasteiger partial charge in [0.1, 0.15) is 0 Å². The summed E-state index contributed by atoms with van der Waals surface area (Å²) in [7, 11) is 1.48. The van der Waals surface area contributed by atoms with Crippen LogP contribution in [0.2, 0.25) is 5.02 Å². The summed E-state index contributed by atoms with van der Waals surface area (Å²) in [4.78, 5) is 16.9. The fourth-order valence-electron chi connectivity index (χ4n) is 2.08. The third kappa shape index (κ3) is 3.55. The maximum absolute atomic E-state index is 12.1. The van der Waals surface area contributed by atoms with E-state index in [1.807, 2.05) is 12.1 Å². The number of carbonyl (C=O) groups excluding carboxylic acids is 1. The number of aromatic hydroxyl groups is 1. The first-order valence-corrected chi connectivity index (χ1v) is 8.17. The molecule has 2 aromatic rings. The van der Waals surface area contributed by atoms with E-state index < -0.39 is 0 Å². The van der Waals surface area contributed by atoms with Crippen LogP contribution in [-0.2, 0) is 4.79 Å². The maximum atomic E-state index is 12.1. The molecular weight excluding hydrogens is 348 g/mol. The van der Waals surface area contributed by atoms with E-state index in [4.69, 9.17) is 16.3 Å². The van der Waals surface area contributed by atoms with Gasteiger partial charge in [-0.1, -0.05) is 29.8 Å². The van der Waals surface area contributed by atoms with E-state index in [0.717, 1.165) is 0 Å². The van der Waals surface area contributed by atoms with Gasteiger partial charge in [-0.05, 0) is 47.7 Å². The first kappa shape index (κ1) is 16.4. The van der Waals surface area contributed by atoms with Gasteiger partial charge in [0.05, 0.1) is 22.7 Å². The van der Waals surface area contributed by atoms with Crippen molar-refractivity contribution in [2.75, 3.05) is 7.11 Å². The van der Waals surface area contributed by atoms with Gasteiger partial charge in [0.15, 0.2) is 16.7 Å². The summed E-state index contributed by atoms with van der Waals surface area (Å²) in [6.45, 7) is 0. The molecule has 1 saturated heterocycles. The lowest BCUT2D eigenvalue weighted by molar-refractivity contribution is -0.115. The number of nitrogens with zero attached hydrogens (tertiary/aromatic N) is 1. The first-order chi connectivity index (χ1) is 11.6. The number of phenols is 1. The van der Waals surface area contributed by atoms with Crippen molar-refractivity contribution in [3.05, 3.63) is 58.0 Å². The summed E-state index contributed by atoms with van der Waals surface area (Å²) in [6, 6.07) is 12.1. The summed E-state index contributed by atoms with van der Waals surface area (Å²) < 4.78 is 5.00. The molecule has 24 heavy (non-hydrogen) atoms. The monoisotopic (exact) mass is 360 g/mol. The van der Waals surface area contributed by atoms with Gasteiger partial charge in [0.2, 0.25) is 0 Å². The molecule has 0 aliphatic carbocycles. The van der Waals surface area contributed by atoms with Gasteiger partial charge >= 0.3 is 0 Å². The lowest BCUT2D eigenvalue weighted by Gasteiger charge is -2.03. The number of thioether (sulfide) groups is 1. The summed E-state index contributed by atoms with van der Waals surface area (Å²) in [5.41, 5.74) is 1.27. The Morgan fingerprint density at radius 3 is 2.79 bits per heavy atom. The summed E-state index contributed by atoms with van der Waals surface area (Å²) in [5.74, 6) is 0.142. The fraction of sp³-hybridized carbons (Fsp3) is 0.0588. The van der Waals surface area contributed by atoms with E-state index >= 15 is 0 Å². The van der Waals surface area contributed by atoms with Crippen LogP contribution in [0.1, 0.15) is 5.56 Å². The van der Waals surface area contributed by atoms with E-state index in [9.17, 15) is 9.90 Å². The number of rotatable bonds is 3. The van der Waals surface area contributed by atoms with Crippen molar-refractivity contribution in [3.8, 4) is 11.5 Å². The van der Waals surface area contributed by atoms with E-state index in [1.165, 1.54) is 24.9 Å². The van der Waals surface area contributed by atoms with Crippen molar-refractivity contribution in [2.45, 2.75) is 0 Å². The topological polar surface area (TPSA) is 70.9 Å². The van der Waals surface area contributed by atoms with Crippen molar-refractivity contribution < 1.29 is 14.6 Å². The minimum Gasteiger partial charge on any atom is -0.504 e. The van der Waals surface area contributed by atoms with Gasteiger partial charge in [0.25, 0.3) is 5.91 Å². The van der Waals surface area contributed by atoms with E-state index in [0.29, 0.717) is 32.1 Å². The van der Waals surface area contributed by atoms with Crippen LogP contribution in [0.3, 0.4) is 0 Å². The van der Waals surface area contributed by atoms with E-state index in [-0.39, 0.29) is 11.7 Å². The number of aliphatic imine (C=N–C) groups is 1. The number of methoxy groups -OCH3 is 1. The number of phenolic OH excluding ortho intramolecular Hbond substituents is 1. The van der Waals surface area contributed by atoms with Crippen molar-refractivity contribution >= 4 is 46.2 Å². The number of para-hydroxylation sites is 1. The minimum absolute atomic E-state index is 0.0141. The predicted molar refractivity (Wildman–Crippen MR) is 96.9 cm³/mol. The second-order valence-electron chi connectivity index (χ2n) is 4.86. The van der Waals surface area contributed by atoms with E-state index in [1.54, 1.807) is 30.3 Å². The second-order valence-corrected chi connectivity index (χ2v) is 6.30. The Morgan fingerprint density at radius 1 is 1.29 bits per heavy atom. The molecule has 5 nitrogen and oxygen atoms in total. The SMILES string of the molecule is COc1ccc(C=C2SC(=Nc3ccccc3Cl)NC2=O)cc1O. The Hall–Kier alpha value is -2.44. The van der Waals surface area contributed by atoms with Gasteiger partial charge in [-0.25, -0.2) is 4.99 Å². The smallest absolute Gasteiger partial charge is 0.264 e. The largest absolute Gasteiger partial charge is 0.504 e. The van der Waals surface area contributed by atoms with Crippen LogP contribution in [0, 0.1) is 0 Å². The first-order valence-electron chi connectivity index (χ1n) is 6.98. The highest BCUT2D eigenvalue weighted by Crippen LogP contribution is 2.32. The molecule has 1 heterocycles. The van der Waals surface area contributed by atoms with Crippen LogP contribution in [0.4, 0.5) is 5.69 Å². The van der Waals surface area contributed by atoms with Crippen LogP contribution < -0.4 is 10.1 Å². The van der Waals surface area contributed by atoms with Gasteiger partial charge in [-0.15, -0.1) is 0 Å². The number of hydrogen-bond acceptors (Lipinski definition) is 5. The number of nitrogens with one attached hydrogen (secondary N) is 1. The molecule has 1 amide bonds. The average molecular weight is 361 g/mol. The fourth-order valence-corrected chi connectivity index (χ4v) is 3.09. The van der Waals surface area contributed by atoms with Crippen LogP contribution in [0.15, 0.2) is 52.4 Å². The summed E-state index contributed by atoms with van der Waals surface area (Å²) in [5, 5.41) is 13.5. The number of benzene rings is 2. The molecular formula is C17H13ClN2O3S. The molecule has 122 valence electrons. The molecule has 2 N–H and O–H groups in total. The quantitative estimate of drug-likeness (QED) is 0.813. The molecule has 7 heteroatoms. The van der Waals surface area contributed by atoms with Crippen molar-refractivity contribution in [2.24, 2.45) is 4.99 Å². The van der Waals surface area contributed by atoms with Crippen molar-refractivity contribution in [1.82, 2.24) is 5.32 Å². The maximum Gasteiger partial charge on any atom is 0.264 e. The Balaban J connectivity index is 1.85. The highest BCUT2D eigenvalue weighted by Gasteiger charge is 2.24. The normalized spacial score (nSPS) is 17.3. The summed E-state index contributed by atoms with van der Waals surface area (Å²) >= 11 is 7.28. The number of carbonyl (C=O) groups is 1. The molecule has 2 aromatic carbocycles. The highest BCUT2D eigenvalue weighted by molar-refractivity contribution is 8.18. The number of ether oxygens (including phenoxy) is 1. The Labute approximate surface area is 148 Å². The molecule has 0 bridgehead atoms. The zero-order valence-corrected chi connectivity index (χ0v) is 14.2. The lowest BCUT2D eigenvalue weighted by atomic mass is 10.2. The Kier molecular flexibility index (Phi) is 4.78. The van der Waals surface area contributed by atoms with Crippen LogP contribution in [0.25, 0.3) is 6.08 Å². The van der Waals surface area contributed by atoms with Gasteiger partial charge in [0, 0.05) is 0 Å². The minimum atomic E-state index is -0.249. The molecule has 1 aliphatic heterocycles. The van der Waals surface area contributed by atoms with Gasteiger partial charge in [-0.2, -0.15) is 0 Å². The predicted octanol–water partition coefficient (Wildman–Crippen LogP) is 3.95. The zero-order valence-electron chi connectivity index (χ0n) is 12.6.